The fourth-order valence-electron chi connectivity index (χ4n) is 2.58. The molecule has 1 aliphatic heterocycles. The van der Waals surface area contributed by atoms with Crippen LogP contribution in [0.4, 0.5) is 11.5 Å². The van der Waals surface area contributed by atoms with Gasteiger partial charge in [0, 0.05) is 18.8 Å². The van der Waals surface area contributed by atoms with Gasteiger partial charge in [0.1, 0.15) is 11.6 Å². The molecule has 4 heteroatoms. The van der Waals surface area contributed by atoms with Crippen LogP contribution in [0.5, 0.6) is 5.75 Å². The Morgan fingerprint density at radius 3 is 3.00 bits per heavy atom. The summed E-state index contributed by atoms with van der Waals surface area (Å²) in [4.78, 5) is 6.81. The van der Waals surface area contributed by atoms with Gasteiger partial charge in [0.15, 0.2) is 0 Å². The highest BCUT2D eigenvalue weighted by Crippen LogP contribution is 2.35. The fraction of sp³-hybridized carbons (Fsp3) is 0.353. The summed E-state index contributed by atoms with van der Waals surface area (Å²) in [5.74, 6) is 1.91. The van der Waals surface area contributed by atoms with E-state index in [-0.39, 0.29) is 0 Å². The molecule has 21 heavy (non-hydrogen) atoms. The van der Waals surface area contributed by atoms with Crippen LogP contribution in [-0.2, 0) is 0 Å². The van der Waals surface area contributed by atoms with Gasteiger partial charge >= 0.3 is 0 Å². The average Bonchev–Trinajstić information content (AvgIpc) is 2.76. The maximum atomic E-state index is 5.82. The molecule has 4 nitrogen and oxygen atoms in total. The molecule has 110 valence electrons. The molecule has 2 heterocycles. The molecular formula is C17H21N3O. The molecule has 0 radical (unpaired) electrons. The highest BCUT2D eigenvalue weighted by Gasteiger charge is 2.19. The highest BCUT2D eigenvalue weighted by molar-refractivity contribution is 5.67. The molecule has 3 rings (SSSR count). The zero-order chi connectivity index (χ0) is 14.7. The molecule has 0 amide bonds. The van der Waals surface area contributed by atoms with Crippen molar-refractivity contribution in [3.8, 4) is 5.75 Å². The fourth-order valence-corrected chi connectivity index (χ4v) is 2.58. The van der Waals surface area contributed by atoms with Gasteiger partial charge in [-0.1, -0.05) is 12.1 Å². The van der Waals surface area contributed by atoms with Gasteiger partial charge in [0.2, 0.25) is 0 Å². The second-order valence-electron chi connectivity index (χ2n) is 5.28. The number of aromatic nitrogens is 1. The Bertz CT molecular complexity index is 614. The number of anilines is 2. The number of rotatable bonds is 3. The van der Waals surface area contributed by atoms with Crippen molar-refractivity contribution in [3.05, 3.63) is 48.2 Å². The number of hydrogen-bond donors (Lipinski definition) is 1. The van der Waals surface area contributed by atoms with Crippen molar-refractivity contribution in [2.24, 2.45) is 0 Å². The van der Waals surface area contributed by atoms with Crippen LogP contribution in [0.3, 0.4) is 0 Å². The van der Waals surface area contributed by atoms with Gasteiger partial charge in [-0.25, -0.2) is 4.98 Å². The molecule has 0 saturated carbocycles. The third-order valence-corrected chi connectivity index (χ3v) is 3.92. The Labute approximate surface area is 125 Å². The molecular weight excluding hydrogens is 262 g/mol. The summed E-state index contributed by atoms with van der Waals surface area (Å²) in [6.07, 6.45) is 2.87. The molecule has 1 aromatic heterocycles. The van der Waals surface area contributed by atoms with Crippen LogP contribution in [0.2, 0.25) is 0 Å². The van der Waals surface area contributed by atoms with E-state index in [0.717, 1.165) is 36.8 Å². The molecule has 0 spiro atoms. The number of benzene rings is 1. The van der Waals surface area contributed by atoms with Crippen LogP contribution >= 0.6 is 0 Å². The van der Waals surface area contributed by atoms with Crippen molar-refractivity contribution >= 4 is 11.5 Å². The zero-order valence-electron chi connectivity index (χ0n) is 12.5. The SMILES string of the molecule is CNC(C)c1ccnc(N2CCCOc3ccccc32)c1. The minimum absolute atomic E-state index is 0.310. The van der Waals surface area contributed by atoms with Gasteiger partial charge < -0.3 is 15.0 Å². The van der Waals surface area contributed by atoms with Crippen LogP contribution in [0.1, 0.15) is 24.9 Å². The zero-order valence-corrected chi connectivity index (χ0v) is 12.5. The summed E-state index contributed by atoms with van der Waals surface area (Å²) in [5, 5.41) is 3.27. The van der Waals surface area contributed by atoms with Gasteiger partial charge in [-0.05, 0) is 50.2 Å². The van der Waals surface area contributed by atoms with Crippen molar-refractivity contribution in [1.29, 1.82) is 0 Å². The molecule has 1 N–H and O–H groups in total. The Morgan fingerprint density at radius 2 is 2.14 bits per heavy atom. The van der Waals surface area contributed by atoms with Gasteiger partial charge in [-0.2, -0.15) is 0 Å². The van der Waals surface area contributed by atoms with E-state index >= 15 is 0 Å². The van der Waals surface area contributed by atoms with Crippen LogP contribution in [-0.4, -0.2) is 25.2 Å². The van der Waals surface area contributed by atoms with Crippen LogP contribution in [0.25, 0.3) is 0 Å². The lowest BCUT2D eigenvalue weighted by Gasteiger charge is -2.23. The summed E-state index contributed by atoms with van der Waals surface area (Å²) < 4.78 is 5.82. The molecule has 1 aliphatic rings. The topological polar surface area (TPSA) is 37.4 Å². The summed E-state index contributed by atoms with van der Waals surface area (Å²) in [5.41, 5.74) is 2.34. The quantitative estimate of drug-likeness (QED) is 0.938. The summed E-state index contributed by atoms with van der Waals surface area (Å²) >= 11 is 0. The van der Waals surface area contributed by atoms with Crippen molar-refractivity contribution in [1.82, 2.24) is 10.3 Å². The lowest BCUT2D eigenvalue weighted by molar-refractivity contribution is 0.322. The number of hydrogen-bond acceptors (Lipinski definition) is 4. The first kappa shape index (κ1) is 13.9. The predicted molar refractivity (Wildman–Crippen MR) is 85.3 cm³/mol. The maximum Gasteiger partial charge on any atom is 0.142 e. The van der Waals surface area contributed by atoms with E-state index in [0.29, 0.717) is 6.04 Å². The third-order valence-electron chi connectivity index (χ3n) is 3.92. The van der Waals surface area contributed by atoms with E-state index in [4.69, 9.17) is 4.74 Å². The van der Waals surface area contributed by atoms with E-state index in [1.165, 1.54) is 5.56 Å². The third kappa shape index (κ3) is 2.85. The van der Waals surface area contributed by atoms with Crippen LogP contribution in [0, 0.1) is 0 Å². The smallest absolute Gasteiger partial charge is 0.142 e. The maximum absolute atomic E-state index is 5.82. The molecule has 0 fully saturated rings. The summed E-state index contributed by atoms with van der Waals surface area (Å²) in [7, 11) is 1.97. The van der Waals surface area contributed by atoms with Gasteiger partial charge in [0.25, 0.3) is 0 Å². The van der Waals surface area contributed by atoms with E-state index in [2.05, 4.69) is 40.3 Å². The first-order valence-corrected chi connectivity index (χ1v) is 7.42. The van der Waals surface area contributed by atoms with E-state index in [9.17, 15) is 0 Å². The van der Waals surface area contributed by atoms with Gasteiger partial charge in [-0.15, -0.1) is 0 Å². The molecule has 0 aliphatic carbocycles. The first-order valence-electron chi connectivity index (χ1n) is 7.42. The number of para-hydroxylation sites is 2. The van der Waals surface area contributed by atoms with Crippen molar-refractivity contribution < 1.29 is 4.74 Å². The lowest BCUT2D eigenvalue weighted by atomic mass is 10.1. The first-order chi connectivity index (χ1) is 10.3. The minimum Gasteiger partial charge on any atom is -0.491 e. The number of nitrogens with zero attached hydrogens (tertiary/aromatic N) is 2. The van der Waals surface area contributed by atoms with Crippen LogP contribution in [0.15, 0.2) is 42.6 Å². The standard InChI is InChI=1S/C17H21N3O/c1-13(18-2)14-8-9-19-17(12-14)20-10-5-11-21-16-7-4-3-6-15(16)20/h3-4,6-9,12-13,18H,5,10-11H2,1-2H3. The second-order valence-corrected chi connectivity index (χ2v) is 5.28. The molecule has 0 saturated heterocycles. The number of nitrogens with one attached hydrogen (secondary N) is 1. The van der Waals surface area contributed by atoms with Gasteiger partial charge in [0.05, 0.1) is 12.3 Å². The van der Waals surface area contributed by atoms with E-state index < -0.39 is 0 Å². The number of pyridine rings is 1. The second kappa shape index (κ2) is 6.14. The summed E-state index contributed by atoms with van der Waals surface area (Å²) in [6, 6.07) is 12.7. The molecule has 1 aromatic carbocycles. The highest BCUT2D eigenvalue weighted by atomic mass is 16.5. The Balaban J connectivity index is 2.00. The lowest BCUT2D eigenvalue weighted by Crippen LogP contribution is -2.20. The van der Waals surface area contributed by atoms with Crippen molar-refractivity contribution in [2.75, 3.05) is 25.1 Å². The molecule has 1 unspecified atom stereocenters. The molecule has 1 atom stereocenters. The van der Waals surface area contributed by atoms with Gasteiger partial charge in [-0.3, -0.25) is 0 Å². The van der Waals surface area contributed by atoms with Crippen molar-refractivity contribution in [2.45, 2.75) is 19.4 Å². The molecule has 0 bridgehead atoms. The van der Waals surface area contributed by atoms with E-state index in [1.54, 1.807) is 0 Å². The Hall–Kier alpha value is -2.07. The number of fused-ring (bicyclic) bond motifs is 1. The average molecular weight is 283 g/mol. The minimum atomic E-state index is 0.310. The largest absolute Gasteiger partial charge is 0.491 e. The van der Waals surface area contributed by atoms with Crippen molar-refractivity contribution in [3.63, 3.8) is 0 Å². The monoisotopic (exact) mass is 283 g/mol. The predicted octanol–water partition coefficient (Wildman–Crippen LogP) is 3.28. The Morgan fingerprint density at radius 1 is 1.29 bits per heavy atom. The van der Waals surface area contributed by atoms with E-state index in [1.807, 2.05) is 31.4 Å². The molecule has 2 aromatic rings. The normalized spacial score (nSPS) is 15.8. The van der Waals surface area contributed by atoms with Crippen LogP contribution < -0.4 is 15.0 Å². The number of ether oxygens (including phenoxy) is 1. The summed E-state index contributed by atoms with van der Waals surface area (Å²) in [6.45, 7) is 3.82. The Kier molecular flexibility index (Phi) is 4.06.